The van der Waals surface area contributed by atoms with E-state index in [0.717, 1.165) is 12.8 Å². The summed E-state index contributed by atoms with van der Waals surface area (Å²) in [5, 5.41) is 5.59. The molecule has 1 heterocycles. The molecule has 1 atom stereocenters. The van der Waals surface area contributed by atoms with Crippen LogP contribution in [0.2, 0.25) is 0 Å². The maximum atomic E-state index is 12.9. The number of urea groups is 1. The number of carbonyl (C=O) groups excluding carboxylic acids is 2. The minimum atomic E-state index is -4.20. The van der Waals surface area contributed by atoms with E-state index in [2.05, 4.69) is 10.6 Å². The summed E-state index contributed by atoms with van der Waals surface area (Å²) < 4.78 is 54.7. The summed E-state index contributed by atoms with van der Waals surface area (Å²) in [5.41, 5.74) is 0.885. The zero-order valence-corrected chi connectivity index (χ0v) is 16.1. The van der Waals surface area contributed by atoms with Gasteiger partial charge in [-0.15, -0.1) is 0 Å². The molecule has 2 rings (SSSR count). The van der Waals surface area contributed by atoms with Crippen molar-refractivity contribution in [1.82, 2.24) is 10.2 Å². The van der Waals surface area contributed by atoms with Gasteiger partial charge in [0.2, 0.25) is 5.91 Å². The van der Waals surface area contributed by atoms with Gasteiger partial charge >= 0.3 is 18.4 Å². The van der Waals surface area contributed by atoms with Gasteiger partial charge in [0.15, 0.2) is 0 Å². The maximum Gasteiger partial charge on any atom is 0.330 e. The molecular formula is C19H25F4N3O3. The van der Waals surface area contributed by atoms with Gasteiger partial charge in [0.1, 0.15) is 6.61 Å². The Bertz CT molecular complexity index is 703. The number of halogens is 4. The quantitative estimate of drug-likeness (QED) is 0.633. The Labute approximate surface area is 166 Å². The van der Waals surface area contributed by atoms with Crippen molar-refractivity contribution in [3.05, 3.63) is 29.8 Å². The largest absolute Gasteiger partial charge is 0.370 e. The highest BCUT2D eigenvalue weighted by Crippen LogP contribution is 2.23. The molecule has 0 saturated carbocycles. The van der Waals surface area contributed by atoms with E-state index in [1.54, 1.807) is 30.0 Å². The van der Waals surface area contributed by atoms with Crippen molar-refractivity contribution in [3.8, 4) is 0 Å². The molecular weight excluding hydrogens is 394 g/mol. The summed E-state index contributed by atoms with van der Waals surface area (Å²) in [5.74, 6) is -4.27. The molecule has 1 saturated heterocycles. The number of benzene rings is 1. The van der Waals surface area contributed by atoms with E-state index in [1.807, 2.05) is 0 Å². The predicted molar refractivity (Wildman–Crippen MR) is 99.1 cm³/mol. The number of nitrogens with one attached hydrogen (secondary N) is 2. The van der Waals surface area contributed by atoms with Gasteiger partial charge in [0, 0.05) is 31.2 Å². The average molecular weight is 419 g/mol. The SMILES string of the molecule is CCC(=O)NC1CCCN(C(=O)Nc2cccc(COCC(F)(F)C(F)F)c2)C1. The van der Waals surface area contributed by atoms with E-state index < -0.39 is 19.0 Å². The van der Waals surface area contributed by atoms with Gasteiger partial charge in [-0.25, -0.2) is 13.6 Å². The van der Waals surface area contributed by atoms with Crippen molar-refractivity contribution in [2.75, 3.05) is 25.0 Å². The number of amides is 3. The summed E-state index contributed by atoms with van der Waals surface area (Å²) in [6, 6.07) is 5.88. The standard InChI is InChI=1S/C19H25F4N3O3/c1-2-16(27)24-15-7-4-8-26(10-15)18(28)25-14-6-3-5-13(9-14)11-29-12-19(22,23)17(20)21/h3,5-6,9,15,17H,2,4,7-8,10-12H2,1H3,(H,24,27)(H,25,28). The third kappa shape index (κ3) is 7.19. The predicted octanol–water partition coefficient (Wildman–Crippen LogP) is 3.63. The van der Waals surface area contributed by atoms with Crippen LogP contribution in [-0.2, 0) is 16.1 Å². The lowest BCUT2D eigenvalue weighted by Crippen LogP contribution is -2.50. The van der Waals surface area contributed by atoms with Gasteiger partial charge in [0.05, 0.1) is 6.61 Å². The molecule has 2 N–H and O–H groups in total. The molecule has 0 bridgehead atoms. The van der Waals surface area contributed by atoms with Gasteiger partial charge in [-0.05, 0) is 30.5 Å². The van der Waals surface area contributed by atoms with Crippen molar-refractivity contribution in [1.29, 1.82) is 0 Å². The van der Waals surface area contributed by atoms with Crippen molar-refractivity contribution in [3.63, 3.8) is 0 Å². The lowest BCUT2D eigenvalue weighted by molar-refractivity contribution is -0.168. The highest BCUT2D eigenvalue weighted by atomic mass is 19.3. The second-order valence-electron chi connectivity index (χ2n) is 6.89. The Morgan fingerprint density at radius 1 is 1.34 bits per heavy atom. The third-order valence-electron chi connectivity index (χ3n) is 4.46. The molecule has 1 aliphatic heterocycles. The molecule has 0 aromatic heterocycles. The molecule has 29 heavy (non-hydrogen) atoms. The molecule has 1 fully saturated rings. The molecule has 162 valence electrons. The first kappa shape index (κ1) is 22.9. The number of hydrogen-bond acceptors (Lipinski definition) is 3. The van der Waals surface area contributed by atoms with Crippen LogP contribution in [-0.4, -0.2) is 54.9 Å². The van der Waals surface area contributed by atoms with E-state index in [0.29, 0.717) is 30.8 Å². The number of piperidine rings is 1. The van der Waals surface area contributed by atoms with E-state index in [4.69, 9.17) is 4.74 Å². The molecule has 0 radical (unpaired) electrons. The van der Waals surface area contributed by atoms with Crippen LogP contribution in [0.4, 0.5) is 28.0 Å². The lowest BCUT2D eigenvalue weighted by Gasteiger charge is -2.33. The number of rotatable bonds is 8. The van der Waals surface area contributed by atoms with Crippen LogP contribution in [0.5, 0.6) is 0 Å². The Morgan fingerprint density at radius 2 is 2.10 bits per heavy atom. The smallest absolute Gasteiger partial charge is 0.330 e. The Hall–Kier alpha value is -2.36. The summed E-state index contributed by atoms with van der Waals surface area (Å²) in [6.07, 6.45) is -1.86. The molecule has 10 heteroatoms. The topological polar surface area (TPSA) is 70.7 Å². The molecule has 1 aromatic rings. The molecule has 0 spiro atoms. The number of ether oxygens (including phenoxy) is 1. The maximum absolute atomic E-state index is 12.9. The van der Waals surface area contributed by atoms with Gasteiger partial charge in [-0.3, -0.25) is 4.79 Å². The van der Waals surface area contributed by atoms with E-state index in [9.17, 15) is 27.2 Å². The van der Waals surface area contributed by atoms with E-state index in [-0.39, 0.29) is 24.6 Å². The highest BCUT2D eigenvalue weighted by molar-refractivity contribution is 5.89. The molecule has 3 amide bonds. The summed E-state index contributed by atoms with van der Waals surface area (Å²) in [7, 11) is 0. The second kappa shape index (κ2) is 10.4. The number of alkyl halides is 4. The van der Waals surface area contributed by atoms with E-state index >= 15 is 0 Å². The second-order valence-corrected chi connectivity index (χ2v) is 6.89. The number of anilines is 1. The summed E-state index contributed by atoms with van der Waals surface area (Å²) >= 11 is 0. The molecule has 1 aromatic carbocycles. The fourth-order valence-electron chi connectivity index (χ4n) is 2.92. The van der Waals surface area contributed by atoms with Crippen LogP contribution in [0.25, 0.3) is 0 Å². The minimum Gasteiger partial charge on any atom is -0.370 e. The minimum absolute atomic E-state index is 0.0672. The lowest BCUT2D eigenvalue weighted by atomic mass is 10.1. The molecule has 0 aliphatic carbocycles. The fourth-order valence-corrected chi connectivity index (χ4v) is 2.92. The van der Waals surface area contributed by atoms with Gasteiger partial charge < -0.3 is 20.3 Å². The Kier molecular flexibility index (Phi) is 8.24. The average Bonchev–Trinajstić information content (AvgIpc) is 2.68. The normalized spacial score (nSPS) is 17.3. The molecule has 1 aliphatic rings. The van der Waals surface area contributed by atoms with E-state index in [1.165, 1.54) is 6.07 Å². The van der Waals surface area contributed by atoms with Crippen LogP contribution < -0.4 is 10.6 Å². The number of carbonyl (C=O) groups is 2. The number of nitrogens with zero attached hydrogens (tertiary/aromatic N) is 1. The van der Waals surface area contributed by atoms with Crippen molar-refractivity contribution in [2.24, 2.45) is 0 Å². The first-order chi connectivity index (χ1) is 13.7. The van der Waals surface area contributed by atoms with Gasteiger partial charge in [-0.2, -0.15) is 8.78 Å². The monoisotopic (exact) mass is 419 g/mol. The van der Waals surface area contributed by atoms with Gasteiger partial charge in [0.25, 0.3) is 0 Å². The molecule has 6 nitrogen and oxygen atoms in total. The van der Waals surface area contributed by atoms with Gasteiger partial charge in [-0.1, -0.05) is 19.1 Å². The fraction of sp³-hybridized carbons (Fsp3) is 0.579. The van der Waals surface area contributed by atoms with Crippen molar-refractivity contribution in [2.45, 2.75) is 51.2 Å². The molecule has 1 unspecified atom stereocenters. The third-order valence-corrected chi connectivity index (χ3v) is 4.46. The number of likely N-dealkylation sites (tertiary alicyclic amines) is 1. The summed E-state index contributed by atoms with van der Waals surface area (Å²) in [6.45, 7) is 1.02. The Morgan fingerprint density at radius 3 is 2.79 bits per heavy atom. The number of hydrogen-bond donors (Lipinski definition) is 2. The van der Waals surface area contributed by atoms with Crippen molar-refractivity contribution >= 4 is 17.6 Å². The van der Waals surface area contributed by atoms with Crippen LogP contribution in [0.3, 0.4) is 0 Å². The van der Waals surface area contributed by atoms with Crippen LogP contribution >= 0.6 is 0 Å². The van der Waals surface area contributed by atoms with Crippen LogP contribution in [0, 0.1) is 0 Å². The van der Waals surface area contributed by atoms with Crippen LogP contribution in [0.1, 0.15) is 31.7 Å². The van der Waals surface area contributed by atoms with Crippen molar-refractivity contribution < 1.29 is 31.9 Å². The Balaban J connectivity index is 1.87. The zero-order valence-electron chi connectivity index (χ0n) is 16.1. The summed E-state index contributed by atoms with van der Waals surface area (Å²) in [4.78, 5) is 25.6. The first-order valence-corrected chi connectivity index (χ1v) is 9.39. The van der Waals surface area contributed by atoms with Crippen LogP contribution in [0.15, 0.2) is 24.3 Å². The first-order valence-electron chi connectivity index (χ1n) is 9.39. The highest BCUT2D eigenvalue weighted by Gasteiger charge is 2.40. The zero-order chi connectivity index (χ0) is 21.4.